The topological polar surface area (TPSA) is 32.3 Å². The van der Waals surface area contributed by atoms with Crippen LogP contribution in [-0.4, -0.2) is 36.1 Å². The van der Waals surface area contributed by atoms with Crippen molar-refractivity contribution in [3.63, 3.8) is 0 Å². The zero-order chi connectivity index (χ0) is 12.4. The van der Waals surface area contributed by atoms with Crippen molar-refractivity contribution in [1.29, 1.82) is 0 Å². The molecule has 4 nitrogen and oxygen atoms in total. The maximum atomic E-state index is 4.39. The number of aromatic nitrogens is 2. The molecule has 0 atom stereocenters. The second kappa shape index (κ2) is 4.94. The summed E-state index contributed by atoms with van der Waals surface area (Å²) in [6.07, 6.45) is 3.77. The maximum Gasteiger partial charge on any atom is 0.225 e. The smallest absolute Gasteiger partial charge is 0.225 e. The number of anilines is 2. The van der Waals surface area contributed by atoms with E-state index in [0.29, 0.717) is 0 Å². The molecule has 0 saturated carbocycles. The molecule has 0 radical (unpaired) electrons. The minimum atomic E-state index is 0.853. The Balaban J connectivity index is 1.65. The van der Waals surface area contributed by atoms with Gasteiger partial charge in [-0.2, -0.15) is 0 Å². The lowest BCUT2D eigenvalue weighted by Gasteiger charge is -2.35. The predicted octanol–water partition coefficient (Wildman–Crippen LogP) is 2.17. The van der Waals surface area contributed by atoms with E-state index >= 15 is 0 Å². The van der Waals surface area contributed by atoms with E-state index in [2.05, 4.69) is 37.3 Å². The van der Waals surface area contributed by atoms with Crippen LogP contribution >= 0.6 is 11.3 Å². The summed E-state index contributed by atoms with van der Waals surface area (Å²) in [7, 11) is 0. The molecule has 0 unspecified atom stereocenters. The Morgan fingerprint density at radius 2 is 1.72 bits per heavy atom. The van der Waals surface area contributed by atoms with Gasteiger partial charge in [0, 0.05) is 38.6 Å². The molecule has 0 N–H and O–H groups in total. The van der Waals surface area contributed by atoms with Crippen LogP contribution in [0.15, 0.2) is 29.9 Å². The summed E-state index contributed by atoms with van der Waals surface area (Å²) in [5, 5.41) is 3.49. The van der Waals surface area contributed by atoms with Gasteiger partial charge in [-0.05, 0) is 30.0 Å². The lowest BCUT2D eigenvalue weighted by atomic mass is 10.3. The molecule has 3 heterocycles. The van der Waals surface area contributed by atoms with Gasteiger partial charge in [0.05, 0.1) is 5.00 Å². The number of thiophene rings is 1. The molecule has 0 aromatic carbocycles. The van der Waals surface area contributed by atoms with E-state index in [4.69, 9.17) is 0 Å². The normalized spacial score (nSPS) is 16.1. The third kappa shape index (κ3) is 2.31. The van der Waals surface area contributed by atoms with Gasteiger partial charge in [-0.3, -0.25) is 0 Å². The highest BCUT2D eigenvalue weighted by Gasteiger charge is 2.19. The average molecular weight is 260 g/mol. The predicted molar refractivity (Wildman–Crippen MR) is 75.5 cm³/mol. The highest BCUT2D eigenvalue weighted by molar-refractivity contribution is 7.14. The first kappa shape index (κ1) is 11.5. The van der Waals surface area contributed by atoms with E-state index in [9.17, 15) is 0 Å². The fourth-order valence-corrected chi connectivity index (χ4v) is 2.91. The third-order valence-electron chi connectivity index (χ3n) is 3.15. The lowest BCUT2D eigenvalue weighted by molar-refractivity contribution is 0.643. The second-order valence-corrected chi connectivity index (χ2v) is 5.41. The van der Waals surface area contributed by atoms with Gasteiger partial charge in [0.1, 0.15) is 0 Å². The second-order valence-electron chi connectivity index (χ2n) is 4.49. The van der Waals surface area contributed by atoms with E-state index in [1.54, 1.807) is 11.3 Å². The molecule has 2 aromatic rings. The van der Waals surface area contributed by atoms with E-state index in [1.165, 1.54) is 5.00 Å². The van der Waals surface area contributed by atoms with E-state index < -0.39 is 0 Å². The van der Waals surface area contributed by atoms with Crippen LogP contribution < -0.4 is 9.80 Å². The van der Waals surface area contributed by atoms with Crippen LogP contribution in [0.25, 0.3) is 0 Å². The van der Waals surface area contributed by atoms with Crippen LogP contribution in [0.1, 0.15) is 5.56 Å². The summed E-state index contributed by atoms with van der Waals surface area (Å²) < 4.78 is 0. The van der Waals surface area contributed by atoms with Gasteiger partial charge in [-0.1, -0.05) is 0 Å². The summed E-state index contributed by atoms with van der Waals surface area (Å²) in [4.78, 5) is 13.5. The summed E-state index contributed by atoms with van der Waals surface area (Å²) in [6, 6.07) is 4.29. The average Bonchev–Trinajstić information content (AvgIpc) is 2.94. The molecule has 0 amide bonds. The molecular weight excluding hydrogens is 244 g/mol. The van der Waals surface area contributed by atoms with Gasteiger partial charge >= 0.3 is 0 Å². The van der Waals surface area contributed by atoms with Crippen molar-refractivity contribution in [2.75, 3.05) is 36.0 Å². The maximum absolute atomic E-state index is 4.39. The van der Waals surface area contributed by atoms with Crippen molar-refractivity contribution in [3.8, 4) is 0 Å². The van der Waals surface area contributed by atoms with E-state index in [1.807, 2.05) is 19.3 Å². The summed E-state index contributed by atoms with van der Waals surface area (Å²) in [6.45, 7) is 6.07. The molecule has 2 aromatic heterocycles. The first-order valence-corrected chi connectivity index (χ1v) is 7.03. The van der Waals surface area contributed by atoms with Crippen LogP contribution in [0.3, 0.4) is 0 Å². The zero-order valence-corrected chi connectivity index (χ0v) is 11.2. The van der Waals surface area contributed by atoms with Crippen molar-refractivity contribution in [2.45, 2.75) is 6.92 Å². The number of hydrogen-bond donors (Lipinski definition) is 0. The minimum Gasteiger partial charge on any atom is -0.360 e. The number of piperazine rings is 1. The van der Waals surface area contributed by atoms with Crippen molar-refractivity contribution in [1.82, 2.24) is 9.97 Å². The summed E-state index contributed by atoms with van der Waals surface area (Å²) in [5.41, 5.74) is 1.11. The van der Waals surface area contributed by atoms with E-state index in [-0.39, 0.29) is 0 Å². The van der Waals surface area contributed by atoms with Gasteiger partial charge in [-0.25, -0.2) is 9.97 Å². The fraction of sp³-hybridized carbons (Fsp3) is 0.385. The van der Waals surface area contributed by atoms with Crippen LogP contribution in [0.4, 0.5) is 10.9 Å². The van der Waals surface area contributed by atoms with Gasteiger partial charge < -0.3 is 9.80 Å². The molecule has 0 spiro atoms. The first-order chi connectivity index (χ1) is 8.83. The molecule has 0 aliphatic carbocycles. The van der Waals surface area contributed by atoms with Crippen LogP contribution in [0.2, 0.25) is 0 Å². The number of nitrogens with zero attached hydrogens (tertiary/aromatic N) is 4. The molecule has 1 aliphatic heterocycles. The number of hydrogen-bond acceptors (Lipinski definition) is 5. The molecule has 18 heavy (non-hydrogen) atoms. The largest absolute Gasteiger partial charge is 0.360 e. The van der Waals surface area contributed by atoms with Gasteiger partial charge in [0.25, 0.3) is 0 Å². The highest BCUT2D eigenvalue weighted by Crippen LogP contribution is 2.23. The van der Waals surface area contributed by atoms with E-state index in [0.717, 1.165) is 37.7 Å². The Hall–Kier alpha value is -1.62. The summed E-state index contributed by atoms with van der Waals surface area (Å²) >= 11 is 1.80. The van der Waals surface area contributed by atoms with Gasteiger partial charge in [0.15, 0.2) is 0 Å². The molecule has 1 fully saturated rings. The van der Waals surface area contributed by atoms with Gasteiger partial charge in [-0.15, -0.1) is 11.3 Å². The van der Waals surface area contributed by atoms with Crippen molar-refractivity contribution >= 4 is 22.3 Å². The van der Waals surface area contributed by atoms with Crippen molar-refractivity contribution < 1.29 is 0 Å². The SMILES string of the molecule is Cc1cnc(N2CCN(c3cccs3)CC2)nc1. The third-order valence-corrected chi connectivity index (χ3v) is 4.08. The van der Waals surface area contributed by atoms with Crippen LogP contribution in [0.5, 0.6) is 0 Å². The summed E-state index contributed by atoms with van der Waals surface area (Å²) in [5.74, 6) is 0.853. The Kier molecular flexibility index (Phi) is 3.15. The highest BCUT2D eigenvalue weighted by atomic mass is 32.1. The molecule has 1 aliphatic rings. The Morgan fingerprint density at radius 3 is 2.33 bits per heavy atom. The van der Waals surface area contributed by atoms with Crippen molar-refractivity contribution in [3.05, 3.63) is 35.5 Å². The molecule has 5 heteroatoms. The lowest BCUT2D eigenvalue weighted by Crippen LogP contribution is -2.46. The number of rotatable bonds is 2. The Labute approximate surface area is 111 Å². The fourth-order valence-electron chi connectivity index (χ4n) is 2.13. The molecule has 1 saturated heterocycles. The number of aryl methyl sites for hydroxylation is 1. The molecule has 0 bridgehead atoms. The zero-order valence-electron chi connectivity index (χ0n) is 10.4. The first-order valence-electron chi connectivity index (χ1n) is 6.15. The van der Waals surface area contributed by atoms with Gasteiger partial charge in [0.2, 0.25) is 5.95 Å². The van der Waals surface area contributed by atoms with Crippen LogP contribution in [-0.2, 0) is 0 Å². The quantitative estimate of drug-likeness (QED) is 0.828. The molecule has 3 rings (SSSR count). The minimum absolute atomic E-state index is 0.853. The molecule has 94 valence electrons. The van der Waals surface area contributed by atoms with Crippen molar-refractivity contribution in [2.24, 2.45) is 0 Å². The van der Waals surface area contributed by atoms with Crippen LogP contribution in [0, 0.1) is 6.92 Å². The Bertz CT molecular complexity index is 486. The molecular formula is C13H16N4S. The Morgan fingerprint density at radius 1 is 1.06 bits per heavy atom. The monoisotopic (exact) mass is 260 g/mol. The standard InChI is InChI=1S/C13H16N4S/c1-11-9-14-13(15-10-11)17-6-4-16(5-7-17)12-3-2-8-18-12/h2-3,8-10H,4-7H2,1H3.